The van der Waals surface area contributed by atoms with Crippen LogP contribution in [0, 0.1) is 5.92 Å². The molecule has 2 rings (SSSR count). The third-order valence-corrected chi connectivity index (χ3v) is 6.58. The summed E-state index contributed by atoms with van der Waals surface area (Å²) < 4.78 is 0. The van der Waals surface area contributed by atoms with Crippen LogP contribution in [0.15, 0.2) is 4.99 Å². The number of likely N-dealkylation sites (tertiary alicyclic amines) is 1. The van der Waals surface area contributed by atoms with Gasteiger partial charge in [0.2, 0.25) is 0 Å². The van der Waals surface area contributed by atoms with Crippen LogP contribution in [0.25, 0.3) is 0 Å². The maximum atomic E-state index is 4.43. The van der Waals surface area contributed by atoms with Crippen molar-refractivity contribution in [2.75, 3.05) is 32.9 Å². The van der Waals surface area contributed by atoms with E-state index >= 15 is 0 Å². The summed E-state index contributed by atoms with van der Waals surface area (Å²) in [5.74, 6) is 1.79. The minimum atomic E-state index is 0.170. The van der Waals surface area contributed by atoms with Gasteiger partial charge >= 0.3 is 0 Å². The van der Waals surface area contributed by atoms with Crippen molar-refractivity contribution in [1.82, 2.24) is 15.5 Å². The Hall–Kier alpha value is -0.420. The van der Waals surface area contributed by atoms with Crippen molar-refractivity contribution in [2.24, 2.45) is 10.9 Å². The molecule has 1 aliphatic heterocycles. The van der Waals surface area contributed by atoms with E-state index in [1.54, 1.807) is 0 Å². The van der Waals surface area contributed by atoms with E-state index in [4.69, 9.17) is 0 Å². The first-order valence-electron chi connectivity index (χ1n) is 9.19. The monoisotopic (exact) mass is 340 g/mol. The molecular weight excluding hydrogens is 304 g/mol. The average molecular weight is 341 g/mol. The normalized spacial score (nSPS) is 30.5. The molecule has 0 spiro atoms. The first kappa shape index (κ1) is 18.9. The number of thioether (sulfide) groups is 1. The lowest BCUT2D eigenvalue weighted by molar-refractivity contribution is 0.0739. The van der Waals surface area contributed by atoms with Gasteiger partial charge in [-0.25, -0.2) is 0 Å². The molecule has 3 atom stereocenters. The van der Waals surface area contributed by atoms with E-state index in [2.05, 4.69) is 47.6 Å². The van der Waals surface area contributed by atoms with Crippen LogP contribution < -0.4 is 10.6 Å². The fourth-order valence-corrected chi connectivity index (χ4v) is 4.62. The Morgan fingerprint density at radius 3 is 2.70 bits per heavy atom. The molecule has 3 unspecified atom stereocenters. The van der Waals surface area contributed by atoms with Crippen LogP contribution >= 0.6 is 11.8 Å². The molecule has 2 fully saturated rings. The molecule has 0 aromatic carbocycles. The lowest BCUT2D eigenvalue weighted by Crippen LogP contribution is -2.56. The summed E-state index contributed by atoms with van der Waals surface area (Å²) in [5, 5.41) is 8.01. The fraction of sp³-hybridized carbons (Fsp3) is 0.944. The molecule has 0 aromatic heterocycles. The van der Waals surface area contributed by atoms with Gasteiger partial charge in [0.25, 0.3) is 0 Å². The van der Waals surface area contributed by atoms with Crippen LogP contribution in [-0.4, -0.2) is 60.6 Å². The molecule has 0 amide bonds. The molecule has 1 saturated carbocycles. The van der Waals surface area contributed by atoms with Crippen molar-refractivity contribution in [3.8, 4) is 0 Å². The second-order valence-electron chi connectivity index (χ2n) is 7.94. The molecule has 23 heavy (non-hydrogen) atoms. The summed E-state index contributed by atoms with van der Waals surface area (Å²) in [6.45, 7) is 10.5. The van der Waals surface area contributed by atoms with Crippen LogP contribution in [-0.2, 0) is 0 Å². The molecule has 1 heterocycles. The van der Waals surface area contributed by atoms with Crippen molar-refractivity contribution in [3.63, 3.8) is 0 Å². The van der Waals surface area contributed by atoms with Crippen LogP contribution in [0.3, 0.4) is 0 Å². The average Bonchev–Trinajstić information content (AvgIpc) is 2.99. The molecule has 0 bridgehead atoms. The minimum absolute atomic E-state index is 0.170. The number of hydrogen-bond acceptors (Lipinski definition) is 3. The summed E-state index contributed by atoms with van der Waals surface area (Å²) in [5.41, 5.74) is 0.170. The lowest BCUT2D eigenvalue weighted by atomic mass is 9.93. The van der Waals surface area contributed by atoms with Crippen molar-refractivity contribution >= 4 is 17.7 Å². The molecule has 2 N–H and O–H groups in total. The van der Waals surface area contributed by atoms with Crippen molar-refractivity contribution < 1.29 is 0 Å². The number of guanidine groups is 1. The second kappa shape index (κ2) is 8.61. The zero-order chi connectivity index (χ0) is 16.9. The summed E-state index contributed by atoms with van der Waals surface area (Å²) in [6.07, 6.45) is 8.78. The highest BCUT2D eigenvalue weighted by molar-refractivity contribution is 7.99. The van der Waals surface area contributed by atoms with Gasteiger partial charge in [0.1, 0.15) is 0 Å². The quantitative estimate of drug-likeness (QED) is 0.596. The number of nitrogens with zero attached hydrogens (tertiary/aromatic N) is 2. The standard InChI is InChI=1S/C18H36N4S/c1-14-7-6-10-22(12-14)18(2,3)13-20-17(19-4)21-15-8-9-16(11-15)23-5/h14-16H,6-13H2,1-5H3,(H2,19,20,21). The van der Waals surface area contributed by atoms with E-state index in [-0.39, 0.29) is 5.54 Å². The highest BCUT2D eigenvalue weighted by atomic mass is 32.2. The maximum Gasteiger partial charge on any atom is 0.191 e. The van der Waals surface area contributed by atoms with Gasteiger partial charge in [0, 0.05) is 37.0 Å². The number of aliphatic imine (C=N–C) groups is 1. The van der Waals surface area contributed by atoms with Crippen LogP contribution in [0.4, 0.5) is 0 Å². The van der Waals surface area contributed by atoms with E-state index in [1.807, 2.05) is 18.8 Å². The molecule has 1 aliphatic carbocycles. The Kier molecular flexibility index (Phi) is 7.08. The zero-order valence-corrected chi connectivity index (χ0v) is 16.5. The van der Waals surface area contributed by atoms with Crippen molar-refractivity contribution in [3.05, 3.63) is 0 Å². The predicted octanol–water partition coefficient (Wildman–Crippen LogP) is 2.95. The molecular formula is C18H36N4S. The Balaban J connectivity index is 1.80. The van der Waals surface area contributed by atoms with E-state index in [1.165, 1.54) is 45.2 Å². The molecule has 0 aromatic rings. The number of rotatable bonds is 5. The van der Waals surface area contributed by atoms with E-state index in [9.17, 15) is 0 Å². The van der Waals surface area contributed by atoms with Gasteiger partial charge in [-0.1, -0.05) is 6.92 Å². The van der Waals surface area contributed by atoms with Crippen LogP contribution in [0.2, 0.25) is 0 Å². The smallest absolute Gasteiger partial charge is 0.191 e. The molecule has 0 radical (unpaired) electrons. The zero-order valence-electron chi connectivity index (χ0n) is 15.7. The fourth-order valence-electron chi connectivity index (χ4n) is 3.82. The summed E-state index contributed by atoms with van der Waals surface area (Å²) in [4.78, 5) is 7.07. The number of hydrogen-bond donors (Lipinski definition) is 2. The lowest BCUT2D eigenvalue weighted by Gasteiger charge is -2.43. The third kappa shape index (κ3) is 5.56. The topological polar surface area (TPSA) is 39.7 Å². The minimum Gasteiger partial charge on any atom is -0.355 e. The van der Waals surface area contributed by atoms with Gasteiger partial charge in [-0.15, -0.1) is 0 Å². The highest BCUT2D eigenvalue weighted by Crippen LogP contribution is 2.28. The van der Waals surface area contributed by atoms with E-state index in [0.717, 1.165) is 23.7 Å². The van der Waals surface area contributed by atoms with Crippen molar-refractivity contribution in [1.29, 1.82) is 0 Å². The van der Waals surface area contributed by atoms with Gasteiger partial charge in [0.15, 0.2) is 5.96 Å². The van der Waals surface area contributed by atoms with Gasteiger partial charge in [-0.3, -0.25) is 9.89 Å². The highest BCUT2D eigenvalue weighted by Gasteiger charge is 2.30. The van der Waals surface area contributed by atoms with Gasteiger partial charge in [-0.2, -0.15) is 11.8 Å². The first-order valence-corrected chi connectivity index (χ1v) is 10.5. The second-order valence-corrected chi connectivity index (χ2v) is 9.08. The first-order chi connectivity index (χ1) is 10.9. The van der Waals surface area contributed by atoms with E-state index < -0.39 is 0 Å². The molecule has 4 nitrogen and oxygen atoms in total. The summed E-state index contributed by atoms with van der Waals surface area (Å²) >= 11 is 2.00. The number of nitrogens with one attached hydrogen (secondary N) is 2. The Morgan fingerprint density at radius 1 is 1.30 bits per heavy atom. The largest absolute Gasteiger partial charge is 0.355 e. The molecule has 5 heteroatoms. The molecule has 134 valence electrons. The van der Waals surface area contributed by atoms with Crippen molar-refractivity contribution in [2.45, 2.75) is 69.7 Å². The van der Waals surface area contributed by atoms with Gasteiger partial charge in [-0.05, 0) is 64.7 Å². The summed E-state index contributed by atoms with van der Waals surface area (Å²) in [7, 11) is 1.88. The SMILES string of the molecule is CN=C(NCC(C)(C)N1CCCC(C)C1)NC1CCC(SC)C1. The van der Waals surface area contributed by atoms with Gasteiger partial charge < -0.3 is 10.6 Å². The summed E-state index contributed by atoms with van der Waals surface area (Å²) in [6, 6.07) is 0.580. The van der Waals surface area contributed by atoms with Crippen LogP contribution in [0.1, 0.15) is 52.9 Å². The Bertz CT molecular complexity index is 396. The van der Waals surface area contributed by atoms with Gasteiger partial charge in [0.05, 0.1) is 0 Å². The Morgan fingerprint density at radius 2 is 2.09 bits per heavy atom. The van der Waals surface area contributed by atoms with E-state index in [0.29, 0.717) is 6.04 Å². The predicted molar refractivity (Wildman–Crippen MR) is 103 cm³/mol. The Labute approximate surface area is 147 Å². The molecule has 1 saturated heterocycles. The number of piperidine rings is 1. The maximum absolute atomic E-state index is 4.43. The third-order valence-electron chi connectivity index (χ3n) is 5.48. The van der Waals surface area contributed by atoms with Crippen LogP contribution in [0.5, 0.6) is 0 Å². The molecule has 2 aliphatic rings.